The Labute approximate surface area is 181 Å². The van der Waals surface area contributed by atoms with Gasteiger partial charge in [-0.25, -0.2) is 9.67 Å². The molecular formula is C23H28N6O2. The van der Waals surface area contributed by atoms with Crippen molar-refractivity contribution in [3.8, 4) is 0 Å². The van der Waals surface area contributed by atoms with Crippen molar-refractivity contribution < 1.29 is 9.59 Å². The molecule has 0 unspecified atom stereocenters. The van der Waals surface area contributed by atoms with Crippen LogP contribution in [0.25, 0.3) is 11.0 Å². The maximum absolute atomic E-state index is 13.2. The fourth-order valence-corrected chi connectivity index (χ4v) is 3.97. The summed E-state index contributed by atoms with van der Waals surface area (Å²) in [5, 5.41) is 5.30. The lowest BCUT2D eigenvalue weighted by Crippen LogP contribution is -2.48. The molecule has 3 aromatic rings. The number of aryl methyl sites for hydroxylation is 1. The average molecular weight is 421 g/mol. The number of carbonyl (C=O) groups excluding carboxylic acids is 2. The minimum Gasteiger partial charge on any atom is -0.366 e. The number of carbonyl (C=O) groups is 2. The predicted octanol–water partition coefficient (Wildman–Crippen LogP) is 2.38. The van der Waals surface area contributed by atoms with Crippen LogP contribution in [0.2, 0.25) is 0 Å². The Balaban J connectivity index is 1.41. The van der Waals surface area contributed by atoms with Gasteiger partial charge >= 0.3 is 0 Å². The number of nitrogens with two attached hydrogens (primary N) is 1. The first-order valence-electron chi connectivity index (χ1n) is 10.6. The average Bonchev–Trinajstić information content (AvgIpc) is 3.16. The van der Waals surface area contributed by atoms with Crippen molar-refractivity contribution in [1.29, 1.82) is 0 Å². The molecule has 2 aromatic heterocycles. The van der Waals surface area contributed by atoms with E-state index in [4.69, 9.17) is 5.73 Å². The Morgan fingerprint density at radius 2 is 1.77 bits per heavy atom. The van der Waals surface area contributed by atoms with Crippen LogP contribution >= 0.6 is 0 Å². The van der Waals surface area contributed by atoms with E-state index in [-0.39, 0.29) is 11.9 Å². The number of pyridine rings is 1. The van der Waals surface area contributed by atoms with Crippen molar-refractivity contribution >= 4 is 22.8 Å². The molecule has 0 saturated carbocycles. The summed E-state index contributed by atoms with van der Waals surface area (Å²) in [5.74, 6) is -0.396. The van der Waals surface area contributed by atoms with Crippen LogP contribution in [0.15, 0.2) is 36.5 Å². The van der Waals surface area contributed by atoms with Crippen LogP contribution in [0, 0.1) is 6.92 Å². The summed E-state index contributed by atoms with van der Waals surface area (Å²) in [6, 6.07) is 9.50. The molecule has 0 aliphatic carbocycles. The van der Waals surface area contributed by atoms with Gasteiger partial charge in [0.05, 0.1) is 17.5 Å². The van der Waals surface area contributed by atoms with E-state index >= 15 is 0 Å². The third kappa shape index (κ3) is 4.29. The maximum Gasteiger partial charge on any atom is 0.255 e. The topological polar surface area (TPSA) is 97.3 Å². The van der Waals surface area contributed by atoms with Crippen molar-refractivity contribution in [3.63, 3.8) is 0 Å². The van der Waals surface area contributed by atoms with E-state index in [1.165, 1.54) is 0 Å². The molecule has 0 radical (unpaired) electrons. The van der Waals surface area contributed by atoms with E-state index in [2.05, 4.69) is 28.8 Å². The number of primary amides is 1. The number of amides is 2. The second-order valence-corrected chi connectivity index (χ2v) is 8.35. The number of nitrogens with zero attached hydrogens (tertiary/aromatic N) is 5. The monoisotopic (exact) mass is 420 g/mol. The molecule has 31 heavy (non-hydrogen) atoms. The normalized spacial score (nSPS) is 15.0. The summed E-state index contributed by atoms with van der Waals surface area (Å²) in [6.07, 6.45) is 1.78. The van der Waals surface area contributed by atoms with E-state index in [9.17, 15) is 9.59 Å². The Bertz CT molecular complexity index is 1110. The second kappa shape index (κ2) is 8.47. The molecule has 0 atom stereocenters. The smallest absolute Gasteiger partial charge is 0.255 e. The molecule has 4 rings (SSSR count). The lowest BCUT2D eigenvalue weighted by molar-refractivity contribution is 0.0627. The highest BCUT2D eigenvalue weighted by atomic mass is 16.2. The Morgan fingerprint density at radius 3 is 2.39 bits per heavy atom. The van der Waals surface area contributed by atoms with Crippen molar-refractivity contribution in [1.82, 2.24) is 24.6 Å². The van der Waals surface area contributed by atoms with Gasteiger partial charge in [-0.1, -0.05) is 12.1 Å². The van der Waals surface area contributed by atoms with Gasteiger partial charge in [-0.05, 0) is 44.5 Å². The molecule has 0 spiro atoms. The van der Waals surface area contributed by atoms with E-state index in [1.807, 2.05) is 34.7 Å². The molecule has 8 nitrogen and oxygen atoms in total. The predicted molar refractivity (Wildman–Crippen MR) is 119 cm³/mol. The number of rotatable bonds is 5. The molecule has 1 aromatic carbocycles. The Morgan fingerprint density at radius 1 is 1.10 bits per heavy atom. The maximum atomic E-state index is 13.2. The Hall–Kier alpha value is -3.26. The molecule has 1 aliphatic heterocycles. The van der Waals surface area contributed by atoms with Gasteiger partial charge in [-0.3, -0.25) is 14.5 Å². The van der Waals surface area contributed by atoms with Gasteiger partial charge in [0.1, 0.15) is 0 Å². The van der Waals surface area contributed by atoms with E-state index in [0.717, 1.165) is 41.9 Å². The lowest BCUT2D eigenvalue weighted by Gasteiger charge is -2.35. The van der Waals surface area contributed by atoms with Crippen LogP contribution in [0.5, 0.6) is 0 Å². The third-order valence-corrected chi connectivity index (χ3v) is 5.78. The minimum absolute atomic E-state index is 0.0228. The van der Waals surface area contributed by atoms with Crippen LogP contribution in [0.4, 0.5) is 0 Å². The van der Waals surface area contributed by atoms with Gasteiger partial charge in [0.2, 0.25) is 5.91 Å². The highest BCUT2D eigenvalue weighted by Gasteiger charge is 2.24. The Kier molecular flexibility index (Phi) is 5.73. The molecular weight excluding hydrogens is 392 g/mol. The molecule has 0 bridgehead atoms. The lowest BCUT2D eigenvalue weighted by atomic mass is 10.1. The van der Waals surface area contributed by atoms with Gasteiger partial charge in [0.25, 0.3) is 5.91 Å². The zero-order valence-electron chi connectivity index (χ0n) is 18.2. The number of piperazine rings is 1. The number of fused-ring (bicyclic) bond motifs is 1. The van der Waals surface area contributed by atoms with Crippen LogP contribution in [0.1, 0.15) is 51.9 Å². The number of benzene rings is 1. The molecule has 162 valence electrons. The number of aromatic nitrogens is 3. The zero-order chi connectivity index (χ0) is 22.1. The van der Waals surface area contributed by atoms with Crippen LogP contribution < -0.4 is 5.73 Å². The van der Waals surface area contributed by atoms with E-state index < -0.39 is 5.91 Å². The standard InChI is InChI=1S/C23H28N6O2/c1-15(2)29-22-19(13-25-29)12-20(16(3)26-22)23(31)28-10-8-27(9-11-28)14-17-4-6-18(7-5-17)21(24)30/h4-7,12-13,15H,8-11,14H2,1-3H3,(H2,24,30). The summed E-state index contributed by atoms with van der Waals surface area (Å²) in [7, 11) is 0. The fourth-order valence-electron chi connectivity index (χ4n) is 3.97. The van der Waals surface area contributed by atoms with Gasteiger partial charge in [-0.2, -0.15) is 5.10 Å². The number of hydrogen-bond acceptors (Lipinski definition) is 5. The van der Waals surface area contributed by atoms with Gasteiger partial charge < -0.3 is 10.6 Å². The molecule has 3 heterocycles. The van der Waals surface area contributed by atoms with Gasteiger partial charge in [-0.15, -0.1) is 0 Å². The SMILES string of the molecule is Cc1nc2c(cnn2C(C)C)cc1C(=O)N1CCN(Cc2ccc(C(N)=O)cc2)CC1. The van der Waals surface area contributed by atoms with Crippen molar-refractivity contribution in [2.45, 2.75) is 33.4 Å². The molecule has 1 aliphatic rings. The first-order valence-corrected chi connectivity index (χ1v) is 10.6. The van der Waals surface area contributed by atoms with Crippen LogP contribution in [-0.4, -0.2) is 62.6 Å². The van der Waals surface area contributed by atoms with E-state index in [1.54, 1.807) is 18.3 Å². The summed E-state index contributed by atoms with van der Waals surface area (Å²) in [6.45, 7) is 9.72. The quantitative estimate of drug-likeness (QED) is 0.683. The summed E-state index contributed by atoms with van der Waals surface area (Å²) in [5.41, 5.74) is 9.13. The molecule has 2 amide bonds. The third-order valence-electron chi connectivity index (χ3n) is 5.78. The van der Waals surface area contributed by atoms with Gasteiger partial charge in [0, 0.05) is 49.7 Å². The van der Waals surface area contributed by atoms with E-state index in [0.29, 0.717) is 24.2 Å². The molecule has 8 heteroatoms. The minimum atomic E-state index is -0.418. The molecule has 2 N–H and O–H groups in total. The largest absolute Gasteiger partial charge is 0.366 e. The highest BCUT2D eigenvalue weighted by Crippen LogP contribution is 2.21. The van der Waals surface area contributed by atoms with Crippen LogP contribution in [-0.2, 0) is 6.54 Å². The fraction of sp³-hybridized carbons (Fsp3) is 0.391. The highest BCUT2D eigenvalue weighted by molar-refractivity contribution is 5.98. The molecule has 1 fully saturated rings. The molecule has 1 saturated heterocycles. The summed E-state index contributed by atoms with van der Waals surface area (Å²) >= 11 is 0. The van der Waals surface area contributed by atoms with Crippen molar-refractivity contribution in [2.24, 2.45) is 5.73 Å². The summed E-state index contributed by atoms with van der Waals surface area (Å²) in [4.78, 5) is 33.3. The van der Waals surface area contributed by atoms with Gasteiger partial charge in [0.15, 0.2) is 5.65 Å². The van der Waals surface area contributed by atoms with Crippen molar-refractivity contribution in [3.05, 3.63) is 58.9 Å². The zero-order valence-corrected chi connectivity index (χ0v) is 18.2. The summed E-state index contributed by atoms with van der Waals surface area (Å²) < 4.78 is 1.88. The first-order chi connectivity index (χ1) is 14.8. The first kappa shape index (κ1) is 21.0. The van der Waals surface area contributed by atoms with Crippen LogP contribution in [0.3, 0.4) is 0 Å². The number of hydrogen-bond donors (Lipinski definition) is 1. The van der Waals surface area contributed by atoms with Crippen molar-refractivity contribution in [2.75, 3.05) is 26.2 Å². The second-order valence-electron chi connectivity index (χ2n) is 8.35.